The van der Waals surface area contributed by atoms with Gasteiger partial charge in [-0.05, 0) is 55.0 Å². The summed E-state index contributed by atoms with van der Waals surface area (Å²) in [5, 5.41) is 0.744. The molecule has 198 valence electrons. The van der Waals surface area contributed by atoms with E-state index in [0.717, 1.165) is 35.2 Å². The van der Waals surface area contributed by atoms with E-state index < -0.39 is 34.8 Å². The van der Waals surface area contributed by atoms with Crippen molar-refractivity contribution >= 4 is 28.5 Å². The summed E-state index contributed by atoms with van der Waals surface area (Å²) in [5.74, 6) is -1.91. The number of alkyl halides is 3. The van der Waals surface area contributed by atoms with Gasteiger partial charge in [0, 0.05) is 22.2 Å². The Morgan fingerprint density at radius 1 is 1.15 bits per heavy atom. The van der Waals surface area contributed by atoms with Gasteiger partial charge in [0.05, 0.1) is 40.1 Å². The number of aromatic nitrogens is 2. The Labute approximate surface area is 218 Å². The molecule has 39 heavy (non-hydrogen) atoms. The van der Waals surface area contributed by atoms with Gasteiger partial charge in [0.25, 0.3) is 5.56 Å². The number of esters is 2. The van der Waals surface area contributed by atoms with Crippen LogP contribution in [0, 0.1) is 0 Å². The molecule has 0 saturated carbocycles. The molecule has 2 aromatic carbocycles. The second-order valence-corrected chi connectivity index (χ2v) is 9.44. The third-order valence-electron chi connectivity index (χ3n) is 7.27. The van der Waals surface area contributed by atoms with Crippen LogP contribution in [0.4, 0.5) is 18.9 Å². The molecule has 0 aliphatic carbocycles. The molecule has 0 unspecified atom stereocenters. The number of nitrogens with two attached hydrogens (primary N) is 1. The summed E-state index contributed by atoms with van der Waals surface area (Å²) in [7, 11) is 0. The zero-order valence-electron chi connectivity index (χ0n) is 20.5. The van der Waals surface area contributed by atoms with E-state index in [4.69, 9.17) is 20.2 Å². The fourth-order valence-electron chi connectivity index (χ4n) is 5.20. The van der Waals surface area contributed by atoms with Gasteiger partial charge in [-0.1, -0.05) is 13.0 Å². The zero-order chi connectivity index (χ0) is 27.7. The Bertz CT molecular complexity index is 1760. The van der Waals surface area contributed by atoms with Crippen molar-refractivity contribution in [3.8, 4) is 11.4 Å². The van der Waals surface area contributed by atoms with Gasteiger partial charge in [-0.15, -0.1) is 0 Å². The van der Waals surface area contributed by atoms with E-state index in [9.17, 15) is 27.6 Å². The third kappa shape index (κ3) is 3.68. The molecule has 0 fully saturated rings. The average Bonchev–Trinajstić information content (AvgIpc) is 3.27. The number of nitrogen functional groups attached to an aromatic ring is 1. The number of carbonyl (C=O) groups excluding carboxylic acids is 2. The van der Waals surface area contributed by atoms with Crippen LogP contribution in [-0.2, 0) is 39.2 Å². The minimum Gasteiger partial charge on any atom is -0.457 e. The summed E-state index contributed by atoms with van der Waals surface area (Å²) in [6.07, 6.45) is -4.66. The SMILES string of the molecule is CC[C@@]1(OC(=O)c2ccc(C(F)(F)F)cc2)C(=O)OCc2c1cc1n(c2=O)Cc2cc3c(N)cccc3nc2-1. The maximum Gasteiger partial charge on any atom is 0.416 e. The van der Waals surface area contributed by atoms with Crippen molar-refractivity contribution in [2.45, 2.75) is 38.3 Å². The number of fused-ring (bicyclic) bond motifs is 5. The Hall–Kier alpha value is -4.67. The Morgan fingerprint density at radius 2 is 1.90 bits per heavy atom. The molecule has 0 amide bonds. The van der Waals surface area contributed by atoms with E-state index in [0.29, 0.717) is 22.6 Å². The van der Waals surface area contributed by atoms with Crippen molar-refractivity contribution in [1.82, 2.24) is 9.55 Å². The van der Waals surface area contributed by atoms with Gasteiger partial charge in [0.15, 0.2) is 0 Å². The van der Waals surface area contributed by atoms with Gasteiger partial charge < -0.3 is 19.8 Å². The number of pyridine rings is 2. The van der Waals surface area contributed by atoms with Gasteiger partial charge in [-0.2, -0.15) is 13.2 Å². The first-order valence-electron chi connectivity index (χ1n) is 12.1. The van der Waals surface area contributed by atoms with Crippen LogP contribution >= 0.6 is 0 Å². The van der Waals surface area contributed by atoms with Crippen molar-refractivity contribution in [3.63, 3.8) is 0 Å². The van der Waals surface area contributed by atoms with Gasteiger partial charge in [0.2, 0.25) is 5.60 Å². The first-order valence-corrected chi connectivity index (χ1v) is 12.1. The predicted molar refractivity (Wildman–Crippen MR) is 134 cm³/mol. The highest BCUT2D eigenvalue weighted by Crippen LogP contribution is 2.41. The van der Waals surface area contributed by atoms with E-state index in [-0.39, 0.29) is 36.3 Å². The van der Waals surface area contributed by atoms with Crippen LogP contribution in [0.25, 0.3) is 22.3 Å². The summed E-state index contributed by atoms with van der Waals surface area (Å²) >= 11 is 0. The first kappa shape index (κ1) is 24.7. The molecule has 8 nitrogen and oxygen atoms in total. The normalized spacial score (nSPS) is 17.8. The molecule has 4 heterocycles. The molecule has 2 aliphatic rings. The van der Waals surface area contributed by atoms with Crippen molar-refractivity contribution in [1.29, 1.82) is 0 Å². The highest BCUT2D eigenvalue weighted by molar-refractivity contribution is 5.95. The summed E-state index contributed by atoms with van der Waals surface area (Å²) in [5.41, 5.74) is 5.81. The monoisotopic (exact) mass is 535 g/mol. The highest BCUT2D eigenvalue weighted by atomic mass is 19.4. The van der Waals surface area contributed by atoms with Crippen LogP contribution in [0.3, 0.4) is 0 Å². The maximum atomic E-state index is 13.6. The van der Waals surface area contributed by atoms with E-state index in [2.05, 4.69) is 0 Å². The molecule has 0 radical (unpaired) electrons. The van der Waals surface area contributed by atoms with Crippen LogP contribution in [-0.4, -0.2) is 21.5 Å². The Balaban J connectivity index is 1.46. The summed E-state index contributed by atoms with van der Waals surface area (Å²) < 4.78 is 51.4. The Kier molecular flexibility index (Phi) is 5.32. The quantitative estimate of drug-likeness (QED) is 0.266. The lowest BCUT2D eigenvalue weighted by Crippen LogP contribution is -2.47. The molecule has 0 spiro atoms. The fourth-order valence-corrected chi connectivity index (χ4v) is 5.20. The first-order chi connectivity index (χ1) is 18.5. The number of benzene rings is 2. The lowest BCUT2D eigenvalue weighted by Gasteiger charge is -2.35. The van der Waals surface area contributed by atoms with Gasteiger partial charge in [-0.3, -0.25) is 4.79 Å². The van der Waals surface area contributed by atoms with Crippen molar-refractivity contribution in [3.05, 3.63) is 92.8 Å². The molecule has 0 bridgehead atoms. The lowest BCUT2D eigenvalue weighted by atomic mass is 9.85. The topological polar surface area (TPSA) is 114 Å². The molecular formula is C28H20F3N3O5. The summed E-state index contributed by atoms with van der Waals surface area (Å²) in [6, 6.07) is 12.2. The molecule has 0 saturated heterocycles. The standard InChI is InChI=1S/C28H20F3N3O5/c1-2-27(39-25(36)14-6-8-16(9-7-14)28(29,30)31)19-11-22-23-15(10-17-20(32)4-3-5-21(17)33-23)12-34(22)24(35)18(19)13-38-26(27)37/h3-11H,2,12-13,32H2,1H3/t27-/m0/s1. The molecule has 2 aromatic heterocycles. The number of hydrogen-bond donors (Lipinski definition) is 1. The van der Waals surface area contributed by atoms with E-state index in [1.807, 2.05) is 6.07 Å². The van der Waals surface area contributed by atoms with Crippen molar-refractivity contribution in [2.75, 3.05) is 5.73 Å². The molecule has 2 N–H and O–H groups in total. The minimum atomic E-state index is -4.58. The van der Waals surface area contributed by atoms with Crippen molar-refractivity contribution in [2.24, 2.45) is 0 Å². The number of anilines is 1. The summed E-state index contributed by atoms with van der Waals surface area (Å²) in [6.45, 7) is 1.50. The van der Waals surface area contributed by atoms with Crippen LogP contribution in [0.15, 0.2) is 59.4 Å². The van der Waals surface area contributed by atoms with Crippen LogP contribution in [0.5, 0.6) is 0 Å². The predicted octanol–water partition coefficient (Wildman–Crippen LogP) is 4.55. The van der Waals surface area contributed by atoms with Crippen LogP contribution in [0.1, 0.15) is 46.0 Å². The minimum absolute atomic E-state index is 0.0807. The van der Waals surface area contributed by atoms with Crippen LogP contribution < -0.4 is 11.3 Å². The molecular weight excluding hydrogens is 515 g/mol. The Morgan fingerprint density at radius 3 is 2.59 bits per heavy atom. The van der Waals surface area contributed by atoms with E-state index in [1.54, 1.807) is 31.2 Å². The highest BCUT2D eigenvalue weighted by Gasteiger charge is 2.50. The van der Waals surface area contributed by atoms with Crippen molar-refractivity contribution < 1.29 is 32.2 Å². The second-order valence-electron chi connectivity index (χ2n) is 9.44. The number of halogens is 3. The third-order valence-corrected chi connectivity index (χ3v) is 7.27. The van der Waals surface area contributed by atoms with Crippen LogP contribution in [0.2, 0.25) is 0 Å². The number of carbonyl (C=O) groups is 2. The van der Waals surface area contributed by atoms with Gasteiger partial charge in [-0.25, -0.2) is 14.6 Å². The fraction of sp³-hybridized carbons (Fsp3) is 0.214. The van der Waals surface area contributed by atoms with Gasteiger partial charge >= 0.3 is 18.1 Å². The molecule has 6 rings (SSSR count). The molecule has 4 aromatic rings. The number of hydrogen-bond acceptors (Lipinski definition) is 7. The lowest BCUT2D eigenvalue weighted by molar-refractivity contribution is -0.173. The van der Waals surface area contributed by atoms with E-state index >= 15 is 0 Å². The summed E-state index contributed by atoms with van der Waals surface area (Å²) in [4.78, 5) is 44.5. The number of ether oxygens (including phenoxy) is 2. The van der Waals surface area contributed by atoms with Gasteiger partial charge in [0.1, 0.15) is 6.61 Å². The average molecular weight is 535 g/mol. The smallest absolute Gasteiger partial charge is 0.416 e. The number of cyclic esters (lactones) is 1. The second kappa shape index (κ2) is 8.42. The number of nitrogens with zero attached hydrogens (tertiary/aromatic N) is 2. The molecule has 1 atom stereocenters. The molecule has 2 aliphatic heterocycles. The maximum absolute atomic E-state index is 13.6. The number of rotatable bonds is 3. The largest absolute Gasteiger partial charge is 0.457 e. The zero-order valence-corrected chi connectivity index (χ0v) is 20.5. The van der Waals surface area contributed by atoms with E-state index in [1.165, 1.54) is 4.57 Å². The molecule has 11 heteroatoms.